The molecule has 2 fully saturated rings. The first kappa shape index (κ1) is 19.3. The van der Waals surface area contributed by atoms with E-state index in [1.807, 2.05) is 0 Å². The van der Waals surface area contributed by atoms with Gasteiger partial charge in [-0.25, -0.2) is 0 Å². The van der Waals surface area contributed by atoms with Gasteiger partial charge in [0.05, 0.1) is 18.8 Å². The van der Waals surface area contributed by atoms with Crippen molar-refractivity contribution in [1.82, 2.24) is 5.32 Å². The number of thioether (sulfide) groups is 1. The minimum absolute atomic E-state index is 0.0923. The fourth-order valence-electron chi connectivity index (χ4n) is 3.88. The van der Waals surface area contributed by atoms with E-state index in [1.54, 1.807) is 18.2 Å². The second-order valence-corrected chi connectivity index (χ2v) is 8.60. The van der Waals surface area contributed by atoms with Gasteiger partial charge in [-0.05, 0) is 24.1 Å². The van der Waals surface area contributed by atoms with Crippen molar-refractivity contribution in [1.29, 1.82) is 0 Å². The molecule has 7 nitrogen and oxygen atoms in total. The van der Waals surface area contributed by atoms with E-state index in [4.69, 9.17) is 18.9 Å². The second kappa shape index (κ2) is 7.22. The molecule has 4 aliphatic rings. The minimum Gasteiger partial charge on any atom is -0.454 e. The monoisotopic (exact) mass is 432 g/mol. The highest BCUT2D eigenvalue weighted by molar-refractivity contribution is 8.14. The van der Waals surface area contributed by atoms with E-state index in [-0.39, 0.29) is 29.7 Å². The van der Waals surface area contributed by atoms with Crippen molar-refractivity contribution in [2.24, 2.45) is 4.99 Å². The lowest BCUT2D eigenvalue weighted by Gasteiger charge is -2.34. The first-order valence-corrected chi connectivity index (χ1v) is 10.2. The van der Waals surface area contributed by atoms with E-state index < -0.39 is 30.7 Å². The van der Waals surface area contributed by atoms with Crippen LogP contribution in [-0.4, -0.2) is 59.6 Å². The van der Waals surface area contributed by atoms with Crippen molar-refractivity contribution in [3.63, 3.8) is 0 Å². The van der Waals surface area contributed by atoms with Gasteiger partial charge in [0.2, 0.25) is 6.79 Å². The normalized spacial score (nSPS) is 35.9. The fourth-order valence-corrected chi connectivity index (χ4v) is 5.15. The second-order valence-electron chi connectivity index (χ2n) is 7.37. The van der Waals surface area contributed by atoms with Gasteiger partial charge >= 0.3 is 6.18 Å². The number of aliphatic hydroxyl groups is 1. The van der Waals surface area contributed by atoms with Gasteiger partial charge < -0.3 is 29.4 Å². The Hall–Kier alpha value is -1.69. The van der Waals surface area contributed by atoms with Crippen molar-refractivity contribution in [3.05, 3.63) is 23.8 Å². The van der Waals surface area contributed by atoms with Crippen LogP contribution in [0.4, 0.5) is 13.2 Å². The summed E-state index contributed by atoms with van der Waals surface area (Å²) in [5.74, 6) is 1.07. The number of halogens is 3. The molecule has 4 heterocycles. The summed E-state index contributed by atoms with van der Waals surface area (Å²) in [4.78, 5) is 4.54. The smallest absolute Gasteiger partial charge is 0.408 e. The number of fused-ring (bicyclic) bond motifs is 3. The van der Waals surface area contributed by atoms with E-state index in [2.05, 4.69) is 10.3 Å². The highest BCUT2D eigenvalue weighted by Crippen LogP contribution is 2.41. The third-order valence-electron chi connectivity index (χ3n) is 5.41. The van der Waals surface area contributed by atoms with Gasteiger partial charge in [-0.15, -0.1) is 0 Å². The number of nitrogens with zero attached hydrogens (tertiary/aromatic N) is 1. The molecule has 0 aromatic heterocycles. The summed E-state index contributed by atoms with van der Waals surface area (Å²) < 4.78 is 62.2. The lowest BCUT2D eigenvalue weighted by Crippen LogP contribution is -2.49. The van der Waals surface area contributed by atoms with Crippen LogP contribution in [0.1, 0.15) is 24.4 Å². The molecule has 0 radical (unpaired) electrons. The van der Waals surface area contributed by atoms with Crippen LogP contribution in [0, 0.1) is 0 Å². The largest absolute Gasteiger partial charge is 0.454 e. The number of aliphatic imine (C=N–C) groups is 1. The molecule has 6 atom stereocenters. The van der Waals surface area contributed by atoms with Gasteiger partial charge in [-0.2, -0.15) is 13.2 Å². The number of nitrogens with one attached hydrogen (secondary N) is 1. The summed E-state index contributed by atoms with van der Waals surface area (Å²) in [6, 6.07) is 2.68. The average Bonchev–Trinajstić information content (AvgIpc) is 3.32. The summed E-state index contributed by atoms with van der Waals surface area (Å²) in [5, 5.41) is 12.5. The van der Waals surface area contributed by atoms with E-state index in [0.717, 1.165) is 0 Å². The number of hydrogen-bond donors (Lipinski definition) is 2. The lowest BCUT2D eigenvalue weighted by atomic mass is 9.98. The molecular weight excluding hydrogens is 413 g/mol. The molecule has 4 aliphatic heterocycles. The summed E-state index contributed by atoms with van der Waals surface area (Å²) >= 11 is 1.17. The third kappa shape index (κ3) is 3.76. The van der Waals surface area contributed by atoms with Gasteiger partial charge in [0.1, 0.15) is 12.1 Å². The van der Waals surface area contributed by atoms with Crippen LogP contribution in [-0.2, 0) is 9.47 Å². The van der Waals surface area contributed by atoms with Crippen molar-refractivity contribution >= 4 is 16.9 Å². The Morgan fingerprint density at radius 2 is 2.00 bits per heavy atom. The molecule has 2 N–H and O–H groups in total. The maximum Gasteiger partial charge on any atom is 0.408 e. The maximum atomic E-state index is 13.6. The zero-order valence-corrected chi connectivity index (χ0v) is 15.9. The Morgan fingerprint density at radius 1 is 1.17 bits per heavy atom. The number of aliphatic hydroxyl groups excluding tert-OH is 1. The summed E-state index contributed by atoms with van der Waals surface area (Å²) in [5.41, 5.74) is 0.632. The Labute approximate surface area is 168 Å². The maximum absolute atomic E-state index is 13.6. The molecule has 5 rings (SSSR count). The van der Waals surface area contributed by atoms with Gasteiger partial charge in [0.25, 0.3) is 0 Å². The lowest BCUT2D eigenvalue weighted by molar-refractivity contribution is -0.155. The Bertz CT molecular complexity index is 823. The SMILES string of the molecule is O[C@H]1C[C@@H](SC2=N[C@@H](c3ccc4c(c3)OCO4)C[C@@H](C(F)(F)F)N2)[C@@H]2CO[C@@H]1O2. The van der Waals surface area contributed by atoms with E-state index in [9.17, 15) is 18.3 Å². The van der Waals surface area contributed by atoms with Crippen LogP contribution in [0.5, 0.6) is 11.5 Å². The Morgan fingerprint density at radius 3 is 2.83 bits per heavy atom. The minimum atomic E-state index is -4.42. The summed E-state index contributed by atoms with van der Waals surface area (Å²) in [6.45, 7) is 0.399. The van der Waals surface area contributed by atoms with E-state index in [1.165, 1.54) is 11.8 Å². The van der Waals surface area contributed by atoms with Gasteiger partial charge in [-0.1, -0.05) is 17.8 Å². The summed E-state index contributed by atoms with van der Waals surface area (Å²) in [6.07, 6.45) is -6.01. The molecule has 0 amide bonds. The molecule has 29 heavy (non-hydrogen) atoms. The Kier molecular flexibility index (Phi) is 4.80. The molecule has 2 bridgehead atoms. The molecule has 1 aromatic carbocycles. The molecule has 0 aliphatic carbocycles. The number of ether oxygens (including phenoxy) is 4. The van der Waals surface area contributed by atoms with Crippen LogP contribution in [0.15, 0.2) is 23.2 Å². The number of benzene rings is 1. The van der Waals surface area contributed by atoms with E-state index >= 15 is 0 Å². The predicted molar refractivity (Wildman–Crippen MR) is 97.0 cm³/mol. The van der Waals surface area contributed by atoms with Crippen LogP contribution in [0.2, 0.25) is 0 Å². The number of amidine groups is 1. The molecule has 0 unspecified atom stereocenters. The van der Waals surface area contributed by atoms with Gasteiger partial charge in [-0.3, -0.25) is 4.99 Å². The zero-order chi connectivity index (χ0) is 20.2. The number of hydrogen-bond acceptors (Lipinski definition) is 8. The number of rotatable bonds is 2. The van der Waals surface area contributed by atoms with Crippen LogP contribution in [0.25, 0.3) is 0 Å². The average molecular weight is 432 g/mol. The molecule has 2 saturated heterocycles. The van der Waals surface area contributed by atoms with E-state index in [0.29, 0.717) is 30.1 Å². The van der Waals surface area contributed by atoms with Crippen molar-refractivity contribution in [2.45, 2.75) is 54.8 Å². The third-order valence-corrected chi connectivity index (χ3v) is 6.65. The first-order chi connectivity index (χ1) is 13.9. The standard InChI is InChI=1S/C18H19F3N2O5S/c19-18(20,21)15-4-9(8-1-2-11-12(3-8)27-7-26-11)22-17(23-15)29-14-5-10(24)16-25-6-13(14)28-16/h1-3,9-10,13-16,24H,4-7H2,(H,22,23)/t9-,10+,13+,14-,15+,16-/m1/s1. The molecule has 0 saturated carbocycles. The highest BCUT2D eigenvalue weighted by atomic mass is 32.2. The zero-order valence-electron chi connectivity index (χ0n) is 15.1. The first-order valence-electron chi connectivity index (χ1n) is 9.29. The predicted octanol–water partition coefficient (Wildman–Crippen LogP) is 2.34. The molecule has 0 spiro atoms. The number of alkyl halides is 3. The highest BCUT2D eigenvalue weighted by Gasteiger charge is 2.47. The quantitative estimate of drug-likeness (QED) is 0.743. The van der Waals surface area contributed by atoms with Crippen LogP contribution >= 0.6 is 11.8 Å². The molecular formula is C18H19F3N2O5S. The fraction of sp³-hybridized carbons (Fsp3) is 0.611. The topological polar surface area (TPSA) is 81.5 Å². The van der Waals surface area contributed by atoms with Crippen molar-refractivity contribution in [3.8, 4) is 11.5 Å². The van der Waals surface area contributed by atoms with Gasteiger partial charge in [0, 0.05) is 11.7 Å². The van der Waals surface area contributed by atoms with Crippen LogP contribution in [0.3, 0.4) is 0 Å². The molecule has 158 valence electrons. The molecule has 1 aromatic rings. The molecule has 11 heteroatoms. The van der Waals surface area contributed by atoms with Crippen molar-refractivity contribution < 1.29 is 37.2 Å². The Balaban J connectivity index is 1.40. The van der Waals surface area contributed by atoms with Crippen LogP contribution < -0.4 is 14.8 Å². The van der Waals surface area contributed by atoms with Crippen molar-refractivity contribution in [2.75, 3.05) is 13.4 Å². The summed E-state index contributed by atoms with van der Waals surface area (Å²) in [7, 11) is 0. The van der Waals surface area contributed by atoms with Gasteiger partial charge in [0.15, 0.2) is 23.0 Å².